The summed E-state index contributed by atoms with van der Waals surface area (Å²) in [6.07, 6.45) is 13.0. The number of nitro benzene ring substituents is 1. The van der Waals surface area contributed by atoms with Crippen LogP contribution < -0.4 is 14.2 Å². The summed E-state index contributed by atoms with van der Waals surface area (Å²) in [6, 6.07) is 16.0. The van der Waals surface area contributed by atoms with Gasteiger partial charge in [0.2, 0.25) is 11.7 Å². The van der Waals surface area contributed by atoms with Crippen molar-refractivity contribution in [2.24, 2.45) is 22.9 Å². The highest BCUT2D eigenvalue weighted by atomic mass is 16.7. The van der Waals surface area contributed by atoms with Crippen LogP contribution >= 0.6 is 0 Å². The van der Waals surface area contributed by atoms with E-state index in [0.717, 1.165) is 43.1 Å². The molecule has 348 valence electrons. The molecule has 3 aliphatic rings. The van der Waals surface area contributed by atoms with Gasteiger partial charge in [-0.25, -0.2) is 0 Å². The van der Waals surface area contributed by atoms with E-state index in [0.29, 0.717) is 65.6 Å². The highest BCUT2D eigenvalue weighted by molar-refractivity contribution is 6.03. The second kappa shape index (κ2) is 21.9. The summed E-state index contributed by atoms with van der Waals surface area (Å²) in [5.41, 5.74) is 2.73. The number of ether oxygens (including phenoxy) is 4. The maximum Gasteiger partial charge on any atom is 0.269 e. The van der Waals surface area contributed by atoms with E-state index in [1.807, 2.05) is 45.9 Å². The Kier molecular flexibility index (Phi) is 16.4. The second-order valence-electron chi connectivity index (χ2n) is 17.8. The van der Waals surface area contributed by atoms with E-state index >= 15 is 0 Å². The molecular weight excluding hydrogens is 831 g/mol. The van der Waals surface area contributed by atoms with Crippen molar-refractivity contribution in [2.75, 3.05) is 33.5 Å². The van der Waals surface area contributed by atoms with Crippen LogP contribution in [0.25, 0.3) is 6.08 Å². The molecule has 6 atom stereocenters. The van der Waals surface area contributed by atoms with Gasteiger partial charge in [0.05, 0.1) is 35.8 Å². The highest BCUT2D eigenvalue weighted by Gasteiger charge is 2.65. The average Bonchev–Trinajstić information content (AvgIpc) is 3.29. The van der Waals surface area contributed by atoms with Crippen LogP contribution in [0.4, 0.5) is 5.69 Å². The van der Waals surface area contributed by atoms with E-state index in [-0.39, 0.29) is 55.6 Å². The normalized spacial score (nSPS) is 22.8. The van der Waals surface area contributed by atoms with Crippen molar-refractivity contribution in [3.63, 3.8) is 0 Å². The maximum atomic E-state index is 14.8. The third-order valence-corrected chi connectivity index (χ3v) is 12.3. The molecular formula is C51H63N3O11. The van der Waals surface area contributed by atoms with Crippen molar-refractivity contribution in [3.05, 3.63) is 118 Å². The van der Waals surface area contributed by atoms with Gasteiger partial charge in [0.1, 0.15) is 34.6 Å². The van der Waals surface area contributed by atoms with E-state index in [9.17, 15) is 29.9 Å². The summed E-state index contributed by atoms with van der Waals surface area (Å²) in [6.45, 7) is 12.4. The zero-order chi connectivity index (χ0) is 46.7. The number of carbonyl (C=O) groups excluding carboxylic acids is 2. The summed E-state index contributed by atoms with van der Waals surface area (Å²) in [4.78, 5) is 45.6. The number of hydrogen-bond donors (Lipinski definition) is 2. The molecule has 3 aromatic rings. The minimum atomic E-state index is -1.47. The molecule has 1 heterocycles. The van der Waals surface area contributed by atoms with E-state index < -0.39 is 28.3 Å². The maximum absolute atomic E-state index is 14.8. The van der Waals surface area contributed by atoms with Crippen LogP contribution in [0.2, 0.25) is 0 Å². The number of unbranched alkanes of at least 4 members (excludes halogenated alkanes) is 2. The predicted molar refractivity (Wildman–Crippen MR) is 248 cm³/mol. The molecule has 0 spiro atoms. The third-order valence-electron chi connectivity index (χ3n) is 12.3. The molecule has 6 unspecified atom stereocenters. The Morgan fingerprint density at radius 1 is 1.03 bits per heavy atom. The number of oxime groups is 1. The molecule has 3 aromatic carbocycles. The van der Waals surface area contributed by atoms with Gasteiger partial charge in [-0.2, -0.15) is 0 Å². The van der Waals surface area contributed by atoms with Crippen LogP contribution in [0.5, 0.6) is 23.0 Å². The fourth-order valence-corrected chi connectivity index (χ4v) is 9.54. The van der Waals surface area contributed by atoms with Crippen molar-refractivity contribution < 1.29 is 48.5 Å². The Balaban J connectivity index is 1.57. The fourth-order valence-electron chi connectivity index (χ4n) is 9.54. The smallest absolute Gasteiger partial charge is 0.269 e. The number of fused-ring (bicyclic) bond motifs is 2. The van der Waals surface area contributed by atoms with Crippen LogP contribution in [0, 0.1) is 27.9 Å². The summed E-state index contributed by atoms with van der Waals surface area (Å²) < 4.78 is 26.2. The molecule has 0 radical (unpaired) electrons. The summed E-state index contributed by atoms with van der Waals surface area (Å²) in [5.74, 6) is -0.621. The van der Waals surface area contributed by atoms with Crippen LogP contribution in [0.15, 0.2) is 96.2 Å². The first kappa shape index (κ1) is 48.6. The highest BCUT2D eigenvalue weighted by Crippen LogP contribution is 2.62. The Hall–Kier alpha value is -5.83. The Bertz CT molecular complexity index is 2250. The number of methoxy groups -OCH3 is 1. The minimum absolute atomic E-state index is 0.0119. The third kappa shape index (κ3) is 11.2. The summed E-state index contributed by atoms with van der Waals surface area (Å²) in [5, 5.41) is 36.2. The van der Waals surface area contributed by atoms with Gasteiger partial charge >= 0.3 is 0 Å². The SMILES string of the molecule is C=CCOC12Oc3ccc(Oc4ccc(OC)c(C=O)c4)cc3C3C(CCCCO)C(CCCCO)C=C(C(=NOC(C)(C)C)CC1N(CCC)C(=O)C=Cc1ccc([N+](=O)[O-])cc1)C32. The topological polar surface area (TPSA) is 179 Å². The largest absolute Gasteiger partial charge is 0.496 e. The lowest BCUT2D eigenvalue weighted by atomic mass is 9.55. The number of aliphatic hydroxyl groups is 2. The standard InChI is InChI=1S/C51H63N3O11/c1-7-25-53(47(58)24-17-34-15-18-37(19-16-34)54(59)60)46-32-43(52-65-50(3,4)5)41-30-35(13-9-11-26-55)40(14-10-12-27-56)48-42-31-39(63-38-20-22-44(61-6)36(29-38)33-57)21-23-45(42)64-51(46,49(41)48)62-28-8-2/h8,15-24,29-31,33,35,40,46,48-49,55-56H,2,7,9-14,25-28,32H2,1,3-6H3. The zero-order valence-corrected chi connectivity index (χ0v) is 38.1. The number of aldehydes is 1. The molecule has 6 rings (SSSR count). The number of nitro groups is 1. The molecule has 1 fully saturated rings. The van der Waals surface area contributed by atoms with Crippen molar-refractivity contribution >= 4 is 29.7 Å². The molecule has 14 nitrogen and oxygen atoms in total. The van der Waals surface area contributed by atoms with Crippen LogP contribution in [0.3, 0.4) is 0 Å². The second-order valence-corrected chi connectivity index (χ2v) is 17.8. The molecule has 0 aromatic heterocycles. The number of non-ortho nitro benzene ring substituents is 1. The number of allylic oxidation sites excluding steroid dienone is 1. The monoisotopic (exact) mass is 893 g/mol. The van der Waals surface area contributed by atoms with E-state index in [2.05, 4.69) is 12.7 Å². The number of aliphatic hydroxyl groups excluding tert-OH is 2. The van der Waals surface area contributed by atoms with Crippen molar-refractivity contribution in [3.8, 4) is 23.0 Å². The molecule has 0 bridgehead atoms. The first-order valence-electron chi connectivity index (χ1n) is 22.6. The van der Waals surface area contributed by atoms with Gasteiger partial charge in [-0.05, 0) is 130 Å². The molecule has 2 N–H and O–H groups in total. The Morgan fingerprint density at radius 3 is 2.38 bits per heavy atom. The number of nitrogens with zero attached hydrogens (tertiary/aromatic N) is 3. The number of amides is 1. The molecule has 65 heavy (non-hydrogen) atoms. The minimum Gasteiger partial charge on any atom is -0.496 e. The van der Waals surface area contributed by atoms with E-state index in [1.54, 1.807) is 47.4 Å². The number of hydrogen-bond acceptors (Lipinski definition) is 12. The Morgan fingerprint density at radius 2 is 1.74 bits per heavy atom. The van der Waals surface area contributed by atoms with Gasteiger partial charge in [-0.3, -0.25) is 19.7 Å². The number of benzene rings is 3. The molecule has 0 saturated heterocycles. The van der Waals surface area contributed by atoms with Gasteiger partial charge in [0, 0.05) is 55.9 Å². The van der Waals surface area contributed by atoms with Gasteiger partial charge < -0.3 is 38.9 Å². The van der Waals surface area contributed by atoms with Gasteiger partial charge in [-0.1, -0.05) is 37.1 Å². The van der Waals surface area contributed by atoms with Crippen LogP contribution in [-0.4, -0.2) is 88.8 Å². The van der Waals surface area contributed by atoms with Crippen molar-refractivity contribution in [2.45, 2.75) is 102 Å². The predicted octanol–water partition coefficient (Wildman–Crippen LogP) is 9.59. The first-order chi connectivity index (χ1) is 31.3. The summed E-state index contributed by atoms with van der Waals surface area (Å²) >= 11 is 0. The van der Waals surface area contributed by atoms with E-state index in [4.69, 9.17) is 28.9 Å². The lowest BCUT2D eigenvalue weighted by Gasteiger charge is -2.60. The fraction of sp³-hybridized carbons (Fsp3) is 0.471. The molecule has 14 heteroatoms. The van der Waals surface area contributed by atoms with Crippen LogP contribution in [0.1, 0.15) is 106 Å². The molecule has 1 amide bonds. The van der Waals surface area contributed by atoms with Crippen molar-refractivity contribution in [1.82, 2.24) is 4.90 Å². The van der Waals surface area contributed by atoms with Gasteiger partial charge in [0.25, 0.3) is 5.69 Å². The molecule has 1 aliphatic heterocycles. The first-order valence-corrected chi connectivity index (χ1v) is 22.6. The number of rotatable bonds is 22. The van der Waals surface area contributed by atoms with Crippen molar-refractivity contribution in [1.29, 1.82) is 0 Å². The lowest BCUT2D eigenvalue weighted by molar-refractivity contribution is -0.384. The quantitative estimate of drug-likeness (QED) is 0.0245. The zero-order valence-electron chi connectivity index (χ0n) is 38.1. The van der Waals surface area contributed by atoms with Crippen LogP contribution in [-0.2, 0) is 14.4 Å². The van der Waals surface area contributed by atoms with Gasteiger partial charge in [-0.15, -0.1) is 6.58 Å². The Labute approximate surface area is 381 Å². The molecule has 2 aliphatic carbocycles. The number of carbonyl (C=O) groups is 2. The average molecular weight is 894 g/mol. The molecule has 1 saturated carbocycles. The summed E-state index contributed by atoms with van der Waals surface area (Å²) in [7, 11) is 1.50. The lowest BCUT2D eigenvalue weighted by Crippen LogP contribution is -2.70. The van der Waals surface area contributed by atoms with Gasteiger partial charge in [0.15, 0.2) is 6.29 Å². The van der Waals surface area contributed by atoms with E-state index in [1.165, 1.54) is 25.3 Å².